The first kappa shape index (κ1) is 20.7. The molecule has 1 amide bonds. The Morgan fingerprint density at radius 2 is 1.62 bits per heavy atom. The van der Waals surface area contributed by atoms with Crippen LogP contribution >= 0.6 is 0 Å². The largest absolute Gasteiger partial charge is 0.497 e. The van der Waals surface area contributed by atoms with Crippen LogP contribution < -0.4 is 14.8 Å². The van der Waals surface area contributed by atoms with Crippen molar-refractivity contribution < 1.29 is 23.8 Å². The Morgan fingerprint density at radius 3 is 2.28 bits per heavy atom. The average molecular weight is 397 g/mol. The second-order valence-corrected chi connectivity index (χ2v) is 7.20. The van der Waals surface area contributed by atoms with E-state index in [0.29, 0.717) is 11.5 Å². The highest BCUT2D eigenvalue weighted by Gasteiger charge is 2.16. The fourth-order valence-electron chi connectivity index (χ4n) is 3.53. The van der Waals surface area contributed by atoms with Crippen LogP contribution in [0.3, 0.4) is 0 Å². The van der Waals surface area contributed by atoms with E-state index in [9.17, 15) is 9.59 Å². The lowest BCUT2D eigenvalue weighted by Gasteiger charge is -2.20. The summed E-state index contributed by atoms with van der Waals surface area (Å²) in [4.78, 5) is 24.5. The Hall–Kier alpha value is -3.02. The van der Waals surface area contributed by atoms with E-state index in [-0.39, 0.29) is 24.1 Å². The number of hydrogen-bond donors (Lipinski definition) is 1. The summed E-state index contributed by atoms with van der Waals surface area (Å²) in [6, 6.07) is 11.0. The molecule has 2 aromatic rings. The Kier molecular flexibility index (Phi) is 6.75. The molecular formula is C23H27NO5. The van der Waals surface area contributed by atoms with E-state index < -0.39 is 5.97 Å². The molecule has 6 nitrogen and oxygen atoms in total. The second-order valence-electron chi connectivity index (χ2n) is 7.20. The maximum absolute atomic E-state index is 12.3. The molecule has 0 saturated heterocycles. The van der Waals surface area contributed by atoms with E-state index in [1.165, 1.54) is 38.2 Å². The second kappa shape index (κ2) is 9.45. The van der Waals surface area contributed by atoms with Crippen LogP contribution in [0.4, 0.5) is 0 Å². The van der Waals surface area contributed by atoms with Gasteiger partial charge < -0.3 is 19.5 Å². The van der Waals surface area contributed by atoms with Gasteiger partial charge >= 0.3 is 5.97 Å². The van der Waals surface area contributed by atoms with Crippen LogP contribution in [0.5, 0.6) is 11.5 Å². The number of ether oxygens (including phenoxy) is 3. The van der Waals surface area contributed by atoms with Gasteiger partial charge in [-0.3, -0.25) is 4.79 Å². The van der Waals surface area contributed by atoms with Crippen LogP contribution in [-0.4, -0.2) is 32.7 Å². The first-order valence-corrected chi connectivity index (χ1v) is 9.81. The summed E-state index contributed by atoms with van der Waals surface area (Å²) >= 11 is 0. The Bertz CT molecular complexity index is 871. The van der Waals surface area contributed by atoms with Crippen molar-refractivity contribution in [3.63, 3.8) is 0 Å². The van der Waals surface area contributed by atoms with E-state index in [4.69, 9.17) is 14.2 Å². The number of hydrogen-bond acceptors (Lipinski definition) is 5. The third-order valence-electron chi connectivity index (χ3n) is 5.17. The summed E-state index contributed by atoms with van der Waals surface area (Å²) in [5.41, 5.74) is 4.09. The Balaban J connectivity index is 1.56. The van der Waals surface area contributed by atoms with E-state index >= 15 is 0 Å². The monoisotopic (exact) mass is 397 g/mol. The molecule has 0 saturated carbocycles. The predicted molar refractivity (Wildman–Crippen MR) is 109 cm³/mol. The molecule has 154 valence electrons. The molecular weight excluding hydrogens is 370 g/mol. The molecule has 3 rings (SSSR count). The number of amides is 1. The highest BCUT2D eigenvalue weighted by molar-refractivity contribution is 5.92. The van der Waals surface area contributed by atoms with Crippen molar-refractivity contribution in [2.75, 3.05) is 20.8 Å². The van der Waals surface area contributed by atoms with Crippen molar-refractivity contribution >= 4 is 11.9 Å². The van der Waals surface area contributed by atoms with Crippen LogP contribution in [0.15, 0.2) is 36.4 Å². The maximum Gasteiger partial charge on any atom is 0.338 e. The zero-order valence-electron chi connectivity index (χ0n) is 17.1. The van der Waals surface area contributed by atoms with Gasteiger partial charge in [0.2, 0.25) is 0 Å². The topological polar surface area (TPSA) is 73.9 Å². The fourth-order valence-corrected chi connectivity index (χ4v) is 3.53. The molecule has 0 unspecified atom stereocenters. The summed E-state index contributed by atoms with van der Waals surface area (Å²) in [5.74, 6) is -0.0132. The number of rotatable bonds is 7. The number of carbonyl (C=O) groups excluding carboxylic acids is 2. The van der Waals surface area contributed by atoms with Crippen molar-refractivity contribution in [1.82, 2.24) is 5.32 Å². The molecule has 6 heteroatoms. The molecule has 1 atom stereocenters. The standard InChI is InChI=1S/C23H27NO5/c1-15(17-9-8-16-6-4-5-7-18(16)10-17)24-22(25)14-29-23(26)19-11-20(27-2)13-21(12-19)28-3/h8-13,15H,4-7,14H2,1-3H3,(H,24,25)/t15-/m1/s1. The molecule has 0 aliphatic heterocycles. The summed E-state index contributed by atoms with van der Waals surface area (Å²) < 4.78 is 15.4. The fraction of sp³-hybridized carbons (Fsp3) is 0.391. The lowest BCUT2D eigenvalue weighted by Crippen LogP contribution is -2.31. The van der Waals surface area contributed by atoms with Gasteiger partial charge in [0.25, 0.3) is 5.91 Å². The quantitative estimate of drug-likeness (QED) is 0.723. The van der Waals surface area contributed by atoms with Gasteiger partial charge in [-0.2, -0.15) is 0 Å². The zero-order valence-corrected chi connectivity index (χ0v) is 17.1. The smallest absolute Gasteiger partial charge is 0.338 e. The third kappa shape index (κ3) is 5.28. The van der Waals surface area contributed by atoms with Crippen molar-refractivity contribution in [3.8, 4) is 11.5 Å². The number of methoxy groups -OCH3 is 2. The van der Waals surface area contributed by atoms with Crippen LogP contribution in [0.2, 0.25) is 0 Å². The van der Waals surface area contributed by atoms with E-state index in [1.54, 1.807) is 18.2 Å². The molecule has 0 heterocycles. The van der Waals surface area contributed by atoms with Gasteiger partial charge in [-0.25, -0.2) is 4.79 Å². The maximum atomic E-state index is 12.3. The SMILES string of the molecule is COc1cc(OC)cc(C(=O)OCC(=O)N[C@H](C)c2ccc3c(c2)CCCC3)c1. The lowest BCUT2D eigenvalue weighted by molar-refractivity contribution is -0.124. The third-order valence-corrected chi connectivity index (χ3v) is 5.17. The number of aryl methyl sites for hydroxylation is 2. The van der Waals surface area contributed by atoms with Crippen molar-refractivity contribution in [2.45, 2.75) is 38.6 Å². The van der Waals surface area contributed by atoms with Gasteiger partial charge in [0.05, 0.1) is 25.8 Å². The molecule has 0 radical (unpaired) electrons. The van der Waals surface area contributed by atoms with E-state index in [0.717, 1.165) is 18.4 Å². The minimum atomic E-state index is -0.612. The molecule has 1 N–H and O–H groups in total. The highest BCUT2D eigenvalue weighted by Crippen LogP contribution is 2.25. The van der Waals surface area contributed by atoms with Crippen LogP contribution in [0.25, 0.3) is 0 Å². The summed E-state index contributed by atoms with van der Waals surface area (Å²) in [6.45, 7) is 1.57. The van der Waals surface area contributed by atoms with E-state index in [1.807, 2.05) is 6.92 Å². The minimum absolute atomic E-state index is 0.162. The Labute approximate surface area is 171 Å². The first-order valence-electron chi connectivity index (χ1n) is 9.81. The van der Waals surface area contributed by atoms with Crippen LogP contribution in [0, 0.1) is 0 Å². The molecule has 1 aliphatic rings. The molecule has 29 heavy (non-hydrogen) atoms. The molecule has 2 aromatic carbocycles. The van der Waals surface area contributed by atoms with Crippen molar-refractivity contribution in [2.24, 2.45) is 0 Å². The molecule has 0 fully saturated rings. The normalized spacial score (nSPS) is 13.8. The molecule has 0 aromatic heterocycles. The van der Waals surface area contributed by atoms with Crippen LogP contribution in [-0.2, 0) is 22.4 Å². The summed E-state index contributed by atoms with van der Waals surface area (Å²) in [6.07, 6.45) is 4.66. The molecule has 0 bridgehead atoms. The van der Waals surface area contributed by atoms with Gasteiger partial charge in [-0.05, 0) is 61.4 Å². The van der Waals surface area contributed by atoms with Crippen molar-refractivity contribution in [1.29, 1.82) is 0 Å². The number of carbonyl (C=O) groups is 2. The number of benzene rings is 2. The van der Waals surface area contributed by atoms with Crippen LogP contribution in [0.1, 0.15) is 52.9 Å². The number of nitrogens with one attached hydrogen (secondary N) is 1. The summed E-state index contributed by atoms with van der Waals surface area (Å²) in [5, 5.41) is 2.89. The lowest BCUT2D eigenvalue weighted by atomic mass is 9.89. The summed E-state index contributed by atoms with van der Waals surface area (Å²) in [7, 11) is 3.00. The first-order chi connectivity index (χ1) is 14.0. The zero-order chi connectivity index (χ0) is 20.8. The van der Waals surface area contributed by atoms with Gasteiger partial charge in [0.15, 0.2) is 6.61 Å². The van der Waals surface area contributed by atoms with Gasteiger partial charge in [-0.1, -0.05) is 18.2 Å². The number of fused-ring (bicyclic) bond motifs is 1. The molecule has 0 spiro atoms. The predicted octanol–water partition coefficient (Wildman–Crippen LogP) is 3.62. The van der Waals surface area contributed by atoms with Crippen molar-refractivity contribution in [3.05, 3.63) is 58.7 Å². The van der Waals surface area contributed by atoms with E-state index in [2.05, 4.69) is 23.5 Å². The Morgan fingerprint density at radius 1 is 0.966 bits per heavy atom. The van der Waals surface area contributed by atoms with Gasteiger partial charge in [0.1, 0.15) is 11.5 Å². The highest BCUT2D eigenvalue weighted by atomic mass is 16.5. The average Bonchev–Trinajstić information content (AvgIpc) is 2.76. The molecule has 1 aliphatic carbocycles. The van der Waals surface area contributed by atoms with Gasteiger partial charge in [0, 0.05) is 6.07 Å². The van der Waals surface area contributed by atoms with Gasteiger partial charge in [-0.15, -0.1) is 0 Å². The minimum Gasteiger partial charge on any atom is -0.497 e. The number of esters is 1.